The maximum absolute atomic E-state index is 14.1. The summed E-state index contributed by atoms with van der Waals surface area (Å²) >= 11 is 0. The number of aromatic nitrogens is 1. The van der Waals surface area contributed by atoms with E-state index in [1.807, 2.05) is 0 Å². The fraction of sp³-hybridized carbons (Fsp3) is 0.105. The summed E-state index contributed by atoms with van der Waals surface area (Å²) in [5, 5.41) is 2.53. The summed E-state index contributed by atoms with van der Waals surface area (Å²) in [6, 6.07) is 10.7. The van der Waals surface area contributed by atoms with Crippen molar-refractivity contribution in [1.29, 1.82) is 0 Å². The highest BCUT2D eigenvalue weighted by molar-refractivity contribution is 6.05. The Morgan fingerprint density at radius 3 is 2.67 bits per heavy atom. The lowest BCUT2D eigenvalue weighted by Crippen LogP contribution is -2.23. The molecule has 0 aliphatic carbocycles. The summed E-state index contributed by atoms with van der Waals surface area (Å²) in [4.78, 5) is 29.3. The van der Waals surface area contributed by atoms with Crippen molar-refractivity contribution >= 4 is 23.4 Å². The maximum atomic E-state index is 14.1. The number of oxazole rings is 1. The third-order valence-electron chi connectivity index (χ3n) is 4.13. The second-order valence-corrected chi connectivity index (χ2v) is 5.83. The van der Waals surface area contributed by atoms with Crippen LogP contribution in [0.4, 0.5) is 20.6 Å². The van der Waals surface area contributed by atoms with Gasteiger partial charge in [0.05, 0.1) is 18.4 Å². The first-order chi connectivity index (χ1) is 13.1. The molecule has 4 rings (SSSR count). The first-order valence-electron chi connectivity index (χ1n) is 8.16. The smallest absolute Gasteiger partial charge is 0.414 e. The molecule has 2 heterocycles. The number of hydrogen-bond donors (Lipinski definition) is 1. The minimum Gasteiger partial charge on any atom is -0.447 e. The Morgan fingerprint density at radius 2 is 2.00 bits per heavy atom. The molecule has 0 spiro atoms. The van der Waals surface area contributed by atoms with Gasteiger partial charge in [0.1, 0.15) is 12.4 Å². The average Bonchev–Trinajstić information content (AvgIpc) is 3.35. The number of carbonyl (C=O) groups is 2. The van der Waals surface area contributed by atoms with Gasteiger partial charge in [0.2, 0.25) is 0 Å². The molecule has 136 valence electrons. The van der Waals surface area contributed by atoms with Gasteiger partial charge in [-0.2, -0.15) is 0 Å². The van der Waals surface area contributed by atoms with E-state index in [2.05, 4.69) is 10.3 Å². The fourth-order valence-electron chi connectivity index (χ4n) is 2.74. The minimum absolute atomic E-state index is 0.0171. The van der Waals surface area contributed by atoms with E-state index in [0.717, 1.165) is 5.56 Å². The number of benzene rings is 2. The first kappa shape index (κ1) is 16.8. The van der Waals surface area contributed by atoms with Crippen LogP contribution in [0.5, 0.6) is 0 Å². The predicted molar refractivity (Wildman–Crippen MR) is 95.0 cm³/mol. The molecule has 0 atom stereocenters. The van der Waals surface area contributed by atoms with Crippen LogP contribution in [0.1, 0.15) is 10.4 Å². The second kappa shape index (κ2) is 6.91. The highest BCUT2D eigenvalue weighted by Crippen LogP contribution is 2.26. The summed E-state index contributed by atoms with van der Waals surface area (Å²) in [5.74, 6) is -0.490. The van der Waals surface area contributed by atoms with Crippen molar-refractivity contribution in [3.63, 3.8) is 0 Å². The number of nitrogens with zero attached hydrogens (tertiary/aromatic N) is 2. The fourth-order valence-corrected chi connectivity index (χ4v) is 2.74. The third kappa shape index (κ3) is 3.37. The van der Waals surface area contributed by atoms with Gasteiger partial charge < -0.3 is 14.5 Å². The number of ether oxygens (including phenoxy) is 1. The first-order valence-corrected chi connectivity index (χ1v) is 8.16. The van der Waals surface area contributed by atoms with Gasteiger partial charge in [-0.3, -0.25) is 9.69 Å². The molecule has 1 aliphatic heterocycles. The Hall–Kier alpha value is -3.68. The second-order valence-electron chi connectivity index (χ2n) is 5.83. The van der Waals surface area contributed by atoms with E-state index in [0.29, 0.717) is 23.6 Å². The van der Waals surface area contributed by atoms with Gasteiger partial charge in [-0.05, 0) is 30.3 Å². The van der Waals surface area contributed by atoms with Gasteiger partial charge in [-0.1, -0.05) is 12.1 Å². The number of carbonyl (C=O) groups excluding carboxylic acids is 2. The average molecular weight is 367 g/mol. The number of nitrogens with one attached hydrogen (secondary N) is 1. The van der Waals surface area contributed by atoms with Crippen molar-refractivity contribution in [2.24, 2.45) is 0 Å². The number of halogens is 1. The van der Waals surface area contributed by atoms with Crippen LogP contribution >= 0.6 is 0 Å². The van der Waals surface area contributed by atoms with Crippen molar-refractivity contribution in [2.75, 3.05) is 23.4 Å². The van der Waals surface area contributed by atoms with Gasteiger partial charge in [-0.15, -0.1) is 0 Å². The summed E-state index contributed by atoms with van der Waals surface area (Å²) in [7, 11) is 0. The van der Waals surface area contributed by atoms with Crippen LogP contribution in [0.3, 0.4) is 0 Å². The van der Waals surface area contributed by atoms with Crippen LogP contribution in [0.15, 0.2) is 59.5 Å². The number of hydrogen-bond acceptors (Lipinski definition) is 5. The Kier molecular flexibility index (Phi) is 4.29. The Bertz CT molecular complexity index is 987. The molecule has 2 aromatic carbocycles. The third-order valence-corrected chi connectivity index (χ3v) is 4.13. The zero-order valence-corrected chi connectivity index (χ0v) is 14.0. The molecule has 0 saturated carbocycles. The lowest BCUT2D eigenvalue weighted by Gasteiger charge is -2.15. The molecule has 1 aromatic heterocycles. The van der Waals surface area contributed by atoms with Crippen molar-refractivity contribution < 1.29 is 23.1 Å². The molecular weight excluding hydrogens is 353 g/mol. The maximum Gasteiger partial charge on any atom is 0.414 e. The molecule has 0 radical (unpaired) electrons. The van der Waals surface area contributed by atoms with Gasteiger partial charge in [0.15, 0.2) is 12.2 Å². The number of cyclic esters (lactones) is 1. The van der Waals surface area contributed by atoms with Crippen LogP contribution in [-0.2, 0) is 4.74 Å². The van der Waals surface area contributed by atoms with E-state index in [4.69, 9.17) is 9.15 Å². The molecule has 3 aromatic rings. The SMILES string of the molecule is O=C(Nc1cc(N2CCOC2=O)ccc1F)c1ccc(-c2cnco2)cc1. The van der Waals surface area contributed by atoms with Crippen LogP contribution in [-0.4, -0.2) is 30.1 Å². The van der Waals surface area contributed by atoms with E-state index in [9.17, 15) is 14.0 Å². The lowest BCUT2D eigenvalue weighted by atomic mass is 10.1. The lowest BCUT2D eigenvalue weighted by molar-refractivity contribution is 0.102. The molecule has 8 heteroatoms. The summed E-state index contributed by atoms with van der Waals surface area (Å²) < 4.78 is 24.2. The molecule has 2 amide bonds. The van der Waals surface area contributed by atoms with E-state index in [1.54, 1.807) is 30.5 Å². The van der Waals surface area contributed by atoms with Crippen molar-refractivity contribution in [3.8, 4) is 11.3 Å². The van der Waals surface area contributed by atoms with Crippen LogP contribution < -0.4 is 10.2 Å². The number of amides is 2. The van der Waals surface area contributed by atoms with Crippen molar-refractivity contribution in [2.45, 2.75) is 0 Å². The van der Waals surface area contributed by atoms with Crippen LogP contribution in [0.25, 0.3) is 11.3 Å². The van der Waals surface area contributed by atoms with E-state index in [1.165, 1.54) is 29.5 Å². The molecule has 1 aliphatic rings. The summed E-state index contributed by atoms with van der Waals surface area (Å²) in [6.07, 6.45) is 2.39. The minimum atomic E-state index is -0.599. The molecular formula is C19H14FN3O4. The van der Waals surface area contributed by atoms with E-state index in [-0.39, 0.29) is 12.3 Å². The number of anilines is 2. The molecule has 1 fully saturated rings. The van der Waals surface area contributed by atoms with Gasteiger partial charge >= 0.3 is 6.09 Å². The standard InChI is InChI=1S/C19H14FN3O4/c20-15-6-5-14(23-7-8-26-19(23)25)9-16(15)22-18(24)13-3-1-12(2-4-13)17-10-21-11-27-17/h1-6,9-11H,7-8H2,(H,22,24). The topological polar surface area (TPSA) is 84.7 Å². The van der Waals surface area contributed by atoms with Gasteiger partial charge in [-0.25, -0.2) is 14.2 Å². The van der Waals surface area contributed by atoms with E-state index < -0.39 is 17.8 Å². The number of rotatable bonds is 4. The van der Waals surface area contributed by atoms with Crippen molar-refractivity contribution in [3.05, 3.63) is 66.4 Å². The quantitative estimate of drug-likeness (QED) is 0.760. The monoisotopic (exact) mass is 367 g/mol. The molecule has 27 heavy (non-hydrogen) atoms. The van der Waals surface area contributed by atoms with Crippen LogP contribution in [0, 0.1) is 5.82 Å². The normalized spacial score (nSPS) is 13.5. The molecule has 0 unspecified atom stereocenters. The summed E-state index contributed by atoms with van der Waals surface area (Å²) in [6.45, 7) is 0.649. The predicted octanol–water partition coefficient (Wildman–Crippen LogP) is 3.69. The highest BCUT2D eigenvalue weighted by atomic mass is 19.1. The molecule has 7 nitrogen and oxygen atoms in total. The Balaban J connectivity index is 1.53. The molecule has 1 N–H and O–H groups in total. The Morgan fingerprint density at radius 1 is 1.19 bits per heavy atom. The van der Waals surface area contributed by atoms with Gasteiger partial charge in [0, 0.05) is 16.8 Å². The van der Waals surface area contributed by atoms with Crippen molar-refractivity contribution in [1.82, 2.24) is 4.98 Å². The Labute approximate surface area is 153 Å². The molecule has 1 saturated heterocycles. The molecule has 0 bridgehead atoms. The zero-order valence-electron chi connectivity index (χ0n) is 14.0. The highest BCUT2D eigenvalue weighted by Gasteiger charge is 2.24. The summed E-state index contributed by atoms with van der Waals surface area (Å²) in [5.41, 5.74) is 1.56. The zero-order chi connectivity index (χ0) is 18.8. The van der Waals surface area contributed by atoms with E-state index >= 15 is 0 Å². The largest absolute Gasteiger partial charge is 0.447 e. The van der Waals surface area contributed by atoms with Gasteiger partial charge in [0.25, 0.3) is 5.91 Å². The van der Waals surface area contributed by atoms with Crippen LogP contribution in [0.2, 0.25) is 0 Å².